The summed E-state index contributed by atoms with van der Waals surface area (Å²) in [6.45, 7) is -0.0360. The lowest BCUT2D eigenvalue weighted by atomic mass is 9.33. The molecule has 0 radical (unpaired) electrons. The Morgan fingerprint density at radius 1 is 0.449 bits per heavy atom. The van der Waals surface area contributed by atoms with Gasteiger partial charge in [0.25, 0.3) is 6.71 Å². The number of rotatable bonds is 2. The van der Waals surface area contributed by atoms with Gasteiger partial charge < -0.3 is 13.7 Å². The molecule has 2 aliphatic heterocycles. The molecule has 0 saturated carbocycles. The molecule has 5 heterocycles. The van der Waals surface area contributed by atoms with Crippen molar-refractivity contribution in [3.8, 4) is 0 Å². The van der Waals surface area contributed by atoms with E-state index in [1.165, 1.54) is 65.9 Å². The van der Waals surface area contributed by atoms with Crippen molar-refractivity contribution in [3.05, 3.63) is 158 Å². The maximum atomic E-state index is 6.93. The molecule has 2 aliphatic rings. The van der Waals surface area contributed by atoms with Crippen LogP contribution in [0.15, 0.2) is 162 Å². The molecule has 0 amide bonds. The summed E-state index contributed by atoms with van der Waals surface area (Å²) in [4.78, 5) is 4.89. The van der Waals surface area contributed by atoms with Crippen molar-refractivity contribution in [2.75, 3.05) is 9.80 Å². The first-order valence-corrected chi connectivity index (χ1v) is 16.9. The molecule has 0 N–H and O–H groups in total. The molecule has 49 heavy (non-hydrogen) atoms. The Labute approximate surface area is 282 Å². The van der Waals surface area contributed by atoms with Crippen molar-refractivity contribution in [1.29, 1.82) is 0 Å². The van der Waals surface area contributed by atoms with Crippen molar-refractivity contribution in [3.63, 3.8) is 0 Å². The van der Waals surface area contributed by atoms with Gasteiger partial charge in [-0.1, -0.05) is 109 Å². The van der Waals surface area contributed by atoms with Gasteiger partial charge in [0.05, 0.1) is 22.2 Å². The number of benzene rings is 7. The van der Waals surface area contributed by atoms with Gasteiger partial charge in [-0.15, -0.1) is 0 Å². The molecule has 10 aromatic rings. The number of furan rings is 1. The van der Waals surface area contributed by atoms with Crippen molar-refractivity contribution in [1.82, 2.24) is 4.40 Å². The van der Waals surface area contributed by atoms with Crippen molar-refractivity contribution >= 4 is 106 Å². The summed E-state index contributed by atoms with van der Waals surface area (Å²) in [5.41, 5.74) is 14.2. The number of nitrogens with zero attached hydrogens (tertiary/aromatic N) is 3. The summed E-state index contributed by atoms with van der Waals surface area (Å²) in [5.74, 6) is 0.889. The van der Waals surface area contributed by atoms with Gasteiger partial charge in [-0.25, -0.2) is 0 Å². The topological polar surface area (TPSA) is 24.0 Å². The van der Waals surface area contributed by atoms with Gasteiger partial charge in [-0.2, -0.15) is 0 Å². The highest BCUT2D eigenvalue weighted by Gasteiger charge is 2.47. The maximum Gasteiger partial charge on any atom is 0.257 e. The number of hydrogen-bond donors (Lipinski definition) is 0. The van der Waals surface area contributed by atoms with Crippen LogP contribution in [0.25, 0.3) is 49.1 Å². The summed E-state index contributed by atoms with van der Waals surface area (Å²) in [6.07, 6.45) is 0. The summed E-state index contributed by atoms with van der Waals surface area (Å²) >= 11 is 0. The fraction of sp³-hybridized carbons (Fsp3) is 0. The standard InChI is InChI=1S/C44H26BN3O/c1-3-14-27(15-4-1)46-36-24-11-9-22-34(36)45-39-32-19-8-12-25-38(32)49-44(39)47(28-16-5-2-6-17-28)37-26-33-31-21-13-20-30-29-18-7-10-23-35(29)48(41(30)31)42(33)43(46)40(37)45/h1-26H. The largest absolute Gasteiger partial charge is 0.440 e. The summed E-state index contributed by atoms with van der Waals surface area (Å²) in [7, 11) is 0. The summed E-state index contributed by atoms with van der Waals surface area (Å²) < 4.78 is 9.47. The number of hydrogen-bond acceptors (Lipinski definition) is 3. The van der Waals surface area contributed by atoms with Crippen LogP contribution in [0.4, 0.5) is 34.3 Å². The van der Waals surface area contributed by atoms with Gasteiger partial charge in [0, 0.05) is 55.1 Å². The van der Waals surface area contributed by atoms with E-state index in [9.17, 15) is 0 Å². The third kappa shape index (κ3) is 3.11. The first-order chi connectivity index (χ1) is 24.4. The quantitative estimate of drug-likeness (QED) is 0.179. The Bertz CT molecular complexity index is 2960. The molecule has 226 valence electrons. The SMILES string of the molecule is c1ccc(N2c3cc4c5cccc6c7ccccc7n(c4c4c3B(c3ccccc3N4c3ccccc3)c3c2oc2ccccc32)c65)cc1. The van der Waals surface area contributed by atoms with Crippen LogP contribution in [0.1, 0.15) is 0 Å². The predicted molar refractivity (Wildman–Crippen MR) is 205 cm³/mol. The van der Waals surface area contributed by atoms with Crippen molar-refractivity contribution in [2.24, 2.45) is 0 Å². The van der Waals surface area contributed by atoms with Gasteiger partial charge in [0.15, 0.2) is 0 Å². The lowest BCUT2D eigenvalue weighted by Crippen LogP contribution is -2.61. The molecule has 0 spiro atoms. The molecule has 4 nitrogen and oxygen atoms in total. The van der Waals surface area contributed by atoms with Crippen LogP contribution in [0, 0.1) is 0 Å². The highest BCUT2D eigenvalue weighted by atomic mass is 16.4. The molecule has 5 heteroatoms. The zero-order chi connectivity index (χ0) is 31.8. The van der Waals surface area contributed by atoms with Gasteiger partial charge in [0.2, 0.25) is 5.88 Å². The van der Waals surface area contributed by atoms with Crippen LogP contribution < -0.4 is 26.2 Å². The summed E-state index contributed by atoms with van der Waals surface area (Å²) in [5, 5.41) is 6.21. The van der Waals surface area contributed by atoms with Crippen LogP contribution in [0.5, 0.6) is 0 Å². The minimum Gasteiger partial charge on any atom is -0.440 e. The molecular weight excluding hydrogens is 597 g/mol. The fourth-order valence-corrected chi connectivity index (χ4v) is 9.05. The average molecular weight is 624 g/mol. The predicted octanol–water partition coefficient (Wildman–Crippen LogP) is 9.67. The molecule has 0 fully saturated rings. The Kier molecular flexibility index (Phi) is 4.77. The average Bonchev–Trinajstić information content (AvgIpc) is 3.82. The van der Waals surface area contributed by atoms with E-state index in [0.29, 0.717) is 0 Å². The van der Waals surface area contributed by atoms with Crippen LogP contribution in [-0.4, -0.2) is 11.1 Å². The minimum absolute atomic E-state index is 0.0360. The van der Waals surface area contributed by atoms with Crippen LogP contribution in [0.2, 0.25) is 0 Å². The molecule has 0 bridgehead atoms. The van der Waals surface area contributed by atoms with E-state index in [-0.39, 0.29) is 6.71 Å². The van der Waals surface area contributed by atoms with Gasteiger partial charge in [-0.05, 0) is 59.5 Å². The third-order valence-corrected chi connectivity index (χ3v) is 10.9. The Morgan fingerprint density at radius 3 is 1.90 bits per heavy atom. The van der Waals surface area contributed by atoms with E-state index >= 15 is 0 Å². The highest BCUT2D eigenvalue weighted by Crippen LogP contribution is 2.51. The fourth-order valence-electron chi connectivity index (χ4n) is 9.05. The van der Waals surface area contributed by atoms with Gasteiger partial charge >= 0.3 is 0 Å². The van der Waals surface area contributed by atoms with E-state index in [1.54, 1.807) is 0 Å². The molecule has 0 saturated heterocycles. The lowest BCUT2D eigenvalue weighted by Gasteiger charge is -2.42. The first-order valence-electron chi connectivity index (χ1n) is 16.9. The van der Waals surface area contributed by atoms with Crippen LogP contribution in [-0.2, 0) is 0 Å². The molecule has 0 unspecified atom stereocenters. The van der Waals surface area contributed by atoms with Gasteiger partial charge in [-0.3, -0.25) is 4.90 Å². The molecule has 12 rings (SSSR count). The van der Waals surface area contributed by atoms with E-state index in [0.717, 1.165) is 33.9 Å². The normalized spacial score (nSPS) is 13.6. The second-order valence-corrected chi connectivity index (χ2v) is 13.3. The van der Waals surface area contributed by atoms with Gasteiger partial charge in [0.1, 0.15) is 5.58 Å². The van der Waals surface area contributed by atoms with Crippen LogP contribution in [0.3, 0.4) is 0 Å². The van der Waals surface area contributed by atoms with E-state index in [4.69, 9.17) is 4.42 Å². The highest BCUT2D eigenvalue weighted by molar-refractivity contribution is 7.01. The second kappa shape index (κ2) is 9.12. The number of aromatic nitrogens is 1. The number of anilines is 6. The Morgan fingerprint density at radius 2 is 1.08 bits per heavy atom. The number of fused-ring (bicyclic) bond motifs is 13. The van der Waals surface area contributed by atoms with Crippen molar-refractivity contribution in [2.45, 2.75) is 0 Å². The maximum absolute atomic E-state index is 6.93. The van der Waals surface area contributed by atoms with E-state index in [1.807, 2.05) is 0 Å². The molecular formula is C44H26BN3O. The van der Waals surface area contributed by atoms with Crippen LogP contribution >= 0.6 is 0 Å². The zero-order valence-corrected chi connectivity index (χ0v) is 26.3. The third-order valence-electron chi connectivity index (χ3n) is 10.9. The smallest absolute Gasteiger partial charge is 0.257 e. The zero-order valence-electron chi connectivity index (χ0n) is 26.3. The van der Waals surface area contributed by atoms with Crippen molar-refractivity contribution < 1.29 is 4.42 Å². The molecule has 0 atom stereocenters. The molecule has 7 aromatic carbocycles. The molecule has 0 aliphatic carbocycles. The number of para-hydroxylation sites is 6. The Hall–Kier alpha value is -6.46. The monoisotopic (exact) mass is 623 g/mol. The summed E-state index contributed by atoms with van der Waals surface area (Å²) in [6, 6.07) is 57.2. The lowest BCUT2D eigenvalue weighted by molar-refractivity contribution is 0.623. The van der Waals surface area contributed by atoms with E-state index in [2.05, 4.69) is 172 Å². The second-order valence-electron chi connectivity index (χ2n) is 13.3. The molecule has 3 aromatic heterocycles. The minimum atomic E-state index is -0.0360. The Balaban J connectivity index is 1.36. The van der Waals surface area contributed by atoms with E-state index < -0.39 is 0 Å². The first kappa shape index (κ1) is 25.6.